The number of guanidine groups is 1. The van der Waals surface area contributed by atoms with Gasteiger partial charge in [0.25, 0.3) is 0 Å². The van der Waals surface area contributed by atoms with Crippen LogP contribution in [0, 0.1) is 6.92 Å². The predicted molar refractivity (Wildman–Crippen MR) is 133 cm³/mol. The number of ether oxygens (including phenoxy) is 1. The molecule has 0 aliphatic carbocycles. The van der Waals surface area contributed by atoms with E-state index < -0.39 is 0 Å². The maximum atomic E-state index is 5.79. The first-order valence-electron chi connectivity index (χ1n) is 9.93. The van der Waals surface area contributed by atoms with Crippen molar-refractivity contribution in [1.29, 1.82) is 0 Å². The summed E-state index contributed by atoms with van der Waals surface area (Å²) in [5.74, 6) is 1.64. The zero-order chi connectivity index (χ0) is 20.3. The molecule has 5 nitrogen and oxygen atoms in total. The zero-order valence-electron chi connectivity index (χ0n) is 17.5. The molecule has 2 N–H and O–H groups in total. The quantitative estimate of drug-likeness (QED) is 0.256. The Labute approximate surface area is 196 Å². The van der Waals surface area contributed by atoms with Crippen molar-refractivity contribution in [1.82, 2.24) is 15.6 Å². The van der Waals surface area contributed by atoms with Crippen LogP contribution in [0.4, 0.5) is 0 Å². The van der Waals surface area contributed by atoms with E-state index in [1.807, 2.05) is 42.5 Å². The average molecular weight is 516 g/mol. The number of aliphatic imine (C=N–C) groups is 1. The summed E-state index contributed by atoms with van der Waals surface area (Å²) in [5.41, 5.74) is 4.59. The van der Waals surface area contributed by atoms with Crippen LogP contribution < -0.4 is 15.4 Å². The highest BCUT2D eigenvalue weighted by Gasteiger charge is 2.02. The van der Waals surface area contributed by atoms with Gasteiger partial charge in [-0.05, 0) is 54.8 Å². The van der Waals surface area contributed by atoms with Gasteiger partial charge < -0.3 is 15.4 Å². The molecule has 0 aliphatic heterocycles. The number of pyridine rings is 1. The summed E-state index contributed by atoms with van der Waals surface area (Å²) in [6.07, 6.45) is 1.77. The molecule has 0 fully saturated rings. The lowest BCUT2D eigenvalue weighted by Gasteiger charge is -2.13. The van der Waals surface area contributed by atoms with E-state index in [9.17, 15) is 0 Å². The highest BCUT2D eigenvalue weighted by Crippen LogP contribution is 2.14. The van der Waals surface area contributed by atoms with Crippen LogP contribution in [0.3, 0.4) is 0 Å². The molecular weight excluding hydrogens is 487 g/mol. The standard InChI is InChI=1S/C24H28N4O.HI/c1-3-25-24(28-17-21-9-5-4-8-19(21)2)27-16-20-11-13-23(14-12-20)29-18-22-10-6-7-15-26-22;/h4-15H,3,16-18H2,1-2H3,(H2,25,27,28);1H. The van der Waals surface area contributed by atoms with Gasteiger partial charge in [0.05, 0.1) is 12.2 Å². The van der Waals surface area contributed by atoms with E-state index in [0.29, 0.717) is 13.2 Å². The Morgan fingerprint density at radius 1 is 0.967 bits per heavy atom. The maximum absolute atomic E-state index is 5.79. The van der Waals surface area contributed by atoms with Crippen LogP contribution >= 0.6 is 24.0 Å². The molecule has 0 amide bonds. The molecule has 0 bridgehead atoms. The highest BCUT2D eigenvalue weighted by atomic mass is 127. The number of aromatic nitrogens is 1. The Hall–Kier alpha value is -2.61. The normalized spacial score (nSPS) is 10.8. The van der Waals surface area contributed by atoms with E-state index in [1.165, 1.54) is 11.1 Å². The second-order valence-corrected chi connectivity index (χ2v) is 6.73. The fourth-order valence-electron chi connectivity index (χ4n) is 2.83. The average Bonchev–Trinajstić information content (AvgIpc) is 2.76. The number of nitrogens with zero attached hydrogens (tertiary/aromatic N) is 2. The van der Waals surface area contributed by atoms with Crippen LogP contribution in [0.25, 0.3) is 0 Å². The largest absolute Gasteiger partial charge is 0.487 e. The summed E-state index contributed by atoms with van der Waals surface area (Å²) in [4.78, 5) is 8.96. The van der Waals surface area contributed by atoms with Crippen molar-refractivity contribution in [3.05, 3.63) is 95.3 Å². The van der Waals surface area contributed by atoms with Crippen molar-refractivity contribution in [2.75, 3.05) is 6.54 Å². The number of nitrogens with one attached hydrogen (secondary N) is 2. The second-order valence-electron chi connectivity index (χ2n) is 6.73. The van der Waals surface area contributed by atoms with Gasteiger partial charge in [0.15, 0.2) is 5.96 Å². The van der Waals surface area contributed by atoms with Gasteiger partial charge in [-0.15, -0.1) is 24.0 Å². The Morgan fingerprint density at radius 2 is 1.73 bits per heavy atom. The molecule has 1 aromatic heterocycles. The van der Waals surface area contributed by atoms with E-state index in [0.717, 1.165) is 36.1 Å². The summed E-state index contributed by atoms with van der Waals surface area (Å²) in [6.45, 7) is 6.82. The van der Waals surface area contributed by atoms with Crippen molar-refractivity contribution in [2.45, 2.75) is 33.5 Å². The van der Waals surface area contributed by atoms with Crippen LogP contribution in [-0.4, -0.2) is 17.5 Å². The Bertz CT molecular complexity index is 914. The molecule has 0 radical (unpaired) electrons. The molecule has 3 rings (SSSR count). The molecule has 158 valence electrons. The minimum Gasteiger partial charge on any atom is -0.487 e. The molecule has 2 aromatic carbocycles. The second kappa shape index (κ2) is 12.8. The lowest BCUT2D eigenvalue weighted by molar-refractivity contribution is 0.301. The minimum absolute atomic E-state index is 0. The number of benzene rings is 2. The van der Waals surface area contributed by atoms with E-state index in [-0.39, 0.29) is 24.0 Å². The monoisotopic (exact) mass is 516 g/mol. The van der Waals surface area contributed by atoms with Crippen molar-refractivity contribution < 1.29 is 4.74 Å². The molecule has 0 unspecified atom stereocenters. The SMILES string of the molecule is CCNC(=NCc1ccc(OCc2ccccn2)cc1)NCc1ccccc1C.I. The predicted octanol–water partition coefficient (Wildman–Crippen LogP) is 4.84. The maximum Gasteiger partial charge on any atom is 0.191 e. The van der Waals surface area contributed by atoms with Crippen LogP contribution in [0.1, 0.15) is 29.3 Å². The van der Waals surface area contributed by atoms with Gasteiger partial charge >= 0.3 is 0 Å². The first kappa shape index (κ1) is 23.7. The molecule has 6 heteroatoms. The third-order valence-electron chi connectivity index (χ3n) is 4.51. The fraction of sp³-hybridized carbons (Fsp3) is 0.250. The third kappa shape index (κ3) is 7.67. The summed E-state index contributed by atoms with van der Waals surface area (Å²) < 4.78 is 5.79. The first-order valence-corrected chi connectivity index (χ1v) is 9.93. The van der Waals surface area contributed by atoms with E-state index in [4.69, 9.17) is 9.73 Å². The molecule has 30 heavy (non-hydrogen) atoms. The molecule has 3 aromatic rings. The Morgan fingerprint density at radius 3 is 2.43 bits per heavy atom. The highest BCUT2D eigenvalue weighted by molar-refractivity contribution is 14.0. The van der Waals surface area contributed by atoms with Crippen LogP contribution in [0.5, 0.6) is 5.75 Å². The van der Waals surface area contributed by atoms with Gasteiger partial charge in [-0.3, -0.25) is 4.98 Å². The summed E-state index contributed by atoms with van der Waals surface area (Å²) in [5, 5.41) is 6.70. The van der Waals surface area contributed by atoms with Gasteiger partial charge in [0.1, 0.15) is 12.4 Å². The fourth-order valence-corrected chi connectivity index (χ4v) is 2.83. The van der Waals surface area contributed by atoms with Gasteiger partial charge in [-0.25, -0.2) is 4.99 Å². The Kier molecular flexibility index (Phi) is 10.1. The van der Waals surface area contributed by atoms with Crippen LogP contribution in [0.15, 0.2) is 77.9 Å². The molecular formula is C24H29IN4O. The summed E-state index contributed by atoms with van der Waals surface area (Å²) in [7, 11) is 0. The van der Waals surface area contributed by atoms with Gasteiger partial charge in [-0.2, -0.15) is 0 Å². The molecule has 0 saturated carbocycles. The molecule has 0 atom stereocenters. The van der Waals surface area contributed by atoms with Crippen molar-refractivity contribution >= 4 is 29.9 Å². The summed E-state index contributed by atoms with van der Waals surface area (Å²) in [6, 6.07) is 22.2. The lowest BCUT2D eigenvalue weighted by Crippen LogP contribution is -2.36. The topological polar surface area (TPSA) is 58.5 Å². The van der Waals surface area contributed by atoms with E-state index in [1.54, 1.807) is 6.20 Å². The van der Waals surface area contributed by atoms with Crippen molar-refractivity contribution in [2.24, 2.45) is 4.99 Å². The Balaban J connectivity index is 0.00000320. The van der Waals surface area contributed by atoms with Gasteiger partial charge in [0.2, 0.25) is 0 Å². The minimum atomic E-state index is 0. The van der Waals surface area contributed by atoms with Gasteiger partial charge in [-0.1, -0.05) is 42.5 Å². The molecule has 1 heterocycles. The third-order valence-corrected chi connectivity index (χ3v) is 4.51. The number of rotatable bonds is 8. The first-order chi connectivity index (χ1) is 14.2. The van der Waals surface area contributed by atoms with Crippen LogP contribution in [-0.2, 0) is 19.7 Å². The molecule has 0 aliphatic rings. The number of hydrogen-bond acceptors (Lipinski definition) is 3. The number of halogens is 1. The van der Waals surface area contributed by atoms with E-state index in [2.05, 4.69) is 53.7 Å². The smallest absolute Gasteiger partial charge is 0.191 e. The molecule has 0 spiro atoms. The summed E-state index contributed by atoms with van der Waals surface area (Å²) >= 11 is 0. The van der Waals surface area contributed by atoms with Crippen LogP contribution in [0.2, 0.25) is 0 Å². The lowest BCUT2D eigenvalue weighted by atomic mass is 10.1. The zero-order valence-corrected chi connectivity index (χ0v) is 19.8. The van der Waals surface area contributed by atoms with Gasteiger partial charge in [0, 0.05) is 19.3 Å². The van der Waals surface area contributed by atoms with E-state index >= 15 is 0 Å². The van der Waals surface area contributed by atoms with Crippen molar-refractivity contribution in [3.63, 3.8) is 0 Å². The molecule has 0 saturated heterocycles. The number of aryl methyl sites for hydroxylation is 1. The van der Waals surface area contributed by atoms with Crippen molar-refractivity contribution in [3.8, 4) is 5.75 Å². The number of hydrogen-bond donors (Lipinski definition) is 2.